The summed E-state index contributed by atoms with van der Waals surface area (Å²) in [5.41, 5.74) is 5.30. The molecule has 0 fully saturated rings. The Hall–Kier alpha value is -3.60. The maximum Gasteiger partial charge on any atom is 0.318 e. The Bertz CT molecular complexity index is 1120. The molecule has 0 bridgehead atoms. The van der Waals surface area contributed by atoms with E-state index in [1.54, 1.807) is 49.6 Å². The van der Waals surface area contributed by atoms with Crippen LogP contribution in [0.1, 0.15) is 19.7 Å². The number of hydrogen-bond acceptors (Lipinski definition) is 7. The van der Waals surface area contributed by atoms with E-state index in [2.05, 4.69) is 15.5 Å². The number of methoxy groups -OCH3 is 1. The number of ether oxygens (including phenoxy) is 2. The topological polar surface area (TPSA) is 121 Å². The van der Waals surface area contributed by atoms with E-state index >= 15 is 0 Å². The molecule has 1 atom stereocenters. The van der Waals surface area contributed by atoms with Crippen LogP contribution < -0.4 is 20.5 Å². The van der Waals surface area contributed by atoms with Crippen molar-refractivity contribution in [3.8, 4) is 17.2 Å². The summed E-state index contributed by atoms with van der Waals surface area (Å²) in [5.74, 6) is 0.336. The van der Waals surface area contributed by atoms with Crippen LogP contribution in [0, 0.1) is 11.7 Å². The van der Waals surface area contributed by atoms with E-state index in [4.69, 9.17) is 15.2 Å². The number of halogens is 1. The normalized spacial score (nSPS) is 11.8. The Morgan fingerprint density at radius 2 is 1.79 bits per heavy atom. The number of benzene rings is 2. The highest BCUT2D eigenvalue weighted by Gasteiger charge is 2.28. The molecule has 0 aliphatic carbocycles. The van der Waals surface area contributed by atoms with E-state index < -0.39 is 23.0 Å². The first-order valence-corrected chi connectivity index (χ1v) is 10.9. The fourth-order valence-electron chi connectivity index (χ4n) is 2.96. The van der Waals surface area contributed by atoms with Crippen LogP contribution in [0.15, 0.2) is 53.7 Å². The molecule has 1 heterocycles. The fourth-order valence-corrected chi connectivity index (χ4v) is 4.03. The summed E-state index contributed by atoms with van der Waals surface area (Å²) in [6.07, 6.45) is 0. The summed E-state index contributed by atoms with van der Waals surface area (Å²) in [6.45, 7) is 3.62. The lowest BCUT2D eigenvalue weighted by Crippen LogP contribution is -2.42. The minimum atomic E-state index is -0.949. The van der Waals surface area contributed by atoms with Crippen LogP contribution in [0.4, 0.5) is 9.18 Å². The summed E-state index contributed by atoms with van der Waals surface area (Å²) < 4.78 is 27.1. The largest absolute Gasteiger partial charge is 0.497 e. The van der Waals surface area contributed by atoms with E-state index in [9.17, 15) is 14.0 Å². The summed E-state index contributed by atoms with van der Waals surface area (Å²) in [7, 11) is 1.57. The number of aromatic nitrogens is 3. The van der Waals surface area contributed by atoms with Gasteiger partial charge in [0.2, 0.25) is 5.91 Å². The number of carbonyl (C=O) groups is 2. The molecule has 0 saturated heterocycles. The zero-order chi connectivity index (χ0) is 24.0. The van der Waals surface area contributed by atoms with Gasteiger partial charge in [0.15, 0.2) is 11.0 Å². The van der Waals surface area contributed by atoms with Crippen molar-refractivity contribution in [2.24, 2.45) is 11.7 Å². The Kier molecular flexibility index (Phi) is 7.88. The van der Waals surface area contributed by atoms with Gasteiger partial charge in [-0.05, 0) is 42.3 Å². The van der Waals surface area contributed by atoms with Crippen molar-refractivity contribution in [3.05, 3.63) is 60.2 Å². The van der Waals surface area contributed by atoms with Gasteiger partial charge in [0.25, 0.3) is 0 Å². The number of rotatable bonds is 9. The van der Waals surface area contributed by atoms with Crippen molar-refractivity contribution >= 4 is 23.7 Å². The molecule has 3 N–H and O–H groups in total. The van der Waals surface area contributed by atoms with Crippen LogP contribution in [-0.2, 0) is 11.4 Å². The number of amides is 3. The molecular formula is C22H24FN5O4S. The van der Waals surface area contributed by atoms with Crippen molar-refractivity contribution in [3.63, 3.8) is 0 Å². The third-order valence-electron chi connectivity index (χ3n) is 4.56. The molecule has 0 aliphatic heterocycles. The standard InChI is InChI=1S/C22H24FN5O4S/c1-13(2)19(20(29)25-21(24)30)33-22-27-26-18(28(22)17-7-5-4-6-16(17)23)12-32-15-10-8-14(31-3)9-11-15/h4-11,13,19H,12H2,1-3H3,(H3,24,25,29,30). The van der Waals surface area contributed by atoms with Crippen molar-refractivity contribution < 1.29 is 23.5 Å². The minimum Gasteiger partial charge on any atom is -0.497 e. The number of nitrogens with two attached hydrogens (primary N) is 1. The van der Waals surface area contributed by atoms with E-state index in [0.717, 1.165) is 11.8 Å². The highest BCUT2D eigenvalue weighted by atomic mass is 32.2. The first-order chi connectivity index (χ1) is 15.8. The smallest absolute Gasteiger partial charge is 0.318 e. The van der Waals surface area contributed by atoms with Crippen LogP contribution in [0.2, 0.25) is 0 Å². The van der Waals surface area contributed by atoms with E-state index in [1.165, 1.54) is 10.6 Å². The highest BCUT2D eigenvalue weighted by Crippen LogP contribution is 2.31. The molecule has 1 aromatic heterocycles. The fraction of sp³-hybridized carbons (Fsp3) is 0.273. The molecule has 2 aromatic carbocycles. The second-order valence-electron chi connectivity index (χ2n) is 7.29. The van der Waals surface area contributed by atoms with Crippen LogP contribution in [0.3, 0.4) is 0 Å². The Labute approximate surface area is 194 Å². The van der Waals surface area contributed by atoms with Crippen LogP contribution in [-0.4, -0.2) is 39.1 Å². The summed E-state index contributed by atoms with van der Waals surface area (Å²) in [6, 6.07) is 12.2. The predicted octanol–water partition coefficient (Wildman–Crippen LogP) is 3.31. The van der Waals surface area contributed by atoms with Gasteiger partial charge in [-0.2, -0.15) is 0 Å². The molecule has 9 nitrogen and oxygen atoms in total. The van der Waals surface area contributed by atoms with Crippen molar-refractivity contribution in [2.75, 3.05) is 7.11 Å². The van der Waals surface area contributed by atoms with Crippen molar-refractivity contribution in [1.29, 1.82) is 0 Å². The minimum absolute atomic E-state index is 0.00590. The summed E-state index contributed by atoms with van der Waals surface area (Å²) in [4.78, 5) is 23.6. The van der Waals surface area contributed by atoms with Crippen molar-refractivity contribution in [1.82, 2.24) is 20.1 Å². The average Bonchev–Trinajstić information content (AvgIpc) is 3.18. The molecule has 33 heavy (non-hydrogen) atoms. The first-order valence-electron chi connectivity index (χ1n) is 10.0. The van der Waals surface area contributed by atoms with E-state index in [1.807, 2.05) is 13.8 Å². The number of nitrogens with zero attached hydrogens (tertiary/aromatic N) is 3. The van der Waals surface area contributed by atoms with Crippen LogP contribution in [0.5, 0.6) is 11.5 Å². The zero-order valence-electron chi connectivity index (χ0n) is 18.3. The second kappa shape index (κ2) is 10.8. The summed E-state index contributed by atoms with van der Waals surface area (Å²) >= 11 is 1.06. The van der Waals surface area contributed by atoms with Gasteiger partial charge in [-0.15, -0.1) is 10.2 Å². The molecule has 3 rings (SSSR count). The Morgan fingerprint density at radius 1 is 1.12 bits per heavy atom. The molecule has 3 aromatic rings. The predicted molar refractivity (Wildman–Crippen MR) is 121 cm³/mol. The molecule has 0 saturated carbocycles. The van der Waals surface area contributed by atoms with E-state index in [-0.39, 0.29) is 23.4 Å². The van der Waals surface area contributed by atoms with Gasteiger partial charge in [-0.1, -0.05) is 37.7 Å². The lowest BCUT2D eigenvalue weighted by Gasteiger charge is -2.19. The third kappa shape index (κ3) is 6.01. The molecular weight excluding hydrogens is 449 g/mol. The number of imide groups is 1. The van der Waals surface area contributed by atoms with Gasteiger partial charge in [0.1, 0.15) is 23.9 Å². The molecule has 1 unspecified atom stereocenters. The van der Waals surface area contributed by atoms with Crippen LogP contribution >= 0.6 is 11.8 Å². The van der Waals surface area contributed by atoms with Gasteiger partial charge < -0.3 is 15.2 Å². The monoisotopic (exact) mass is 473 g/mol. The molecule has 0 aliphatic rings. The molecule has 0 spiro atoms. The number of hydrogen-bond donors (Lipinski definition) is 2. The van der Waals surface area contributed by atoms with Gasteiger partial charge in [-0.3, -0.25) is 14.7 Å². The molecule has 174 valence electrons. The first kappa shape index (κ1) is 24.1. The van der Waals surface area contributed by atoms with Gasteiger partial charge in [0.05, 0.1) is 18.0 Å². The van der Waals surface area contributed by atoms with Gasteiger partial charge in [0, 0.05) is 0 Å². The Morgan fingerprint density at radius 3 is 2.39 bits per heavy atom. The van der Waals surface area contributed by atoms with Crippen LogP contribution in [0.25, 0.3) is 5.69 Å². The molecule has 11 heteroatoms. The average molecular weight is 474 g/mol. The van der Waals surface area contributed by atoms with Crippen molar-refractivity contribution in [2.45, 2.75) is 30.9 Å². The lowest BCUT2D eigenvalue weighted by atomic mass is 10.1. The number of carbonyl (C=O) groups excluding carboxylic acids is 2. The number of primary amides is 1. The SMILES string of the molecule is COc1ccc(OCc2nnc(SC(C(=O)NC(N)=O)C(C)C)n2-c2ccccc2F)cc1. The van der Waals surface area contributed by atoms with Gasteiger partial charge >= 0.3 is 6.03 Å². The molecule has 3 amide bonds. The second-order valence-corrected chi connectivity index (χ2v) is 8.39. The number of thioether (sulfide) groups is 1. The third-order valence-corrected chi connectivity index (χ3v) is 6.05. The quantitative estimate of drug-likeness (QED) is 0.457. The van der Waals surface area contributed by atoms with Gasteiger partial charge in [-0.25, -0.2) is 9.18 Å². The number of urea groups is 1. The summed E-state index contributed by atoms with van der Waals surface area (Å²) in [5, 5.41) is 9.98. The zero-order valence-corrected chi connectivity index (χ0v) is 19.1. The number of nitrogens with one attached hydrogen (secondary N) is 1. The number of para-hydroxylation sites is 1. The maximum atomic E-state index is 14.7. The highest BCUT2D eigenvalue weighted by molar-refractivity contribution is 8.00. The maximum absolute atomic E-state index is 14.7. The molecule has 0 radical (unpaired) electrons. The Balaban J connectivity index is 1.93. The van der Waals surface area contributed by atoms with E-state index in [0.29, 0.717) is 17.3 Å². The lowest BCUT2D eigenvalue weighted by molar-refractivity contribution is -0.120.